The first kappa shape index (κ1) is 18.8. The average molecular weight is 320 g/mol. The van der Waals surface area contributed by atoms with Gasteiger partial charge in [0.2, 0.25) is 0 Å². The quantitative estimate of drug-likeness (QED) is 0.642. The van der Waals surface area contributed by atoms with Gasteiger partial charge in [0.05, 0.1) is 0 Å². The van der Waals surface area contributed by atoms with E-state index in [1.54, 1.807) is 6.07 Å². The molecule has 0 saturated carbocycles. The second kappa shape index (κ2) is 9.02. The van der Waals surface area contributed by atoms with Crippen molar-refractivity contribution in [2.45, 2.75) is 59.5 Å². The van der Waals surface area contributed by atoms with E-state index in [0.29, 0.717) is 11.4 Å². The predicted molar refractivity (Wildman–Crippen MR) is 95.0 cm³/mol. The summed E-state index contributed by atoms with van der Waals surface area (Å²) in [4.78, 5) is 23.8. The van der Waals surface area contributed by atoms with Gasteiger partial charge in [-0.05, 0) is 51.3 Å². The molecular weight excluding hydrogens is 292 g/mol. The number of carbonyl (C=O) groups is 2. The minimum Gasteiger partial charge on any atom is -0.335 e. The van der Waals surface area contributed by atoms with Crippen molar-refractivity contribution in [3.8, 4) is 0 Å². The highest BCUT2D eigenvalue weighted by Gasteiger charge is 2.10. The smallest absolute Gasteiger partial charge is 0.319 e. The van der Waals surface area contributed by atoms with Crippen LogP contribution >= 0.6 is 0 Å². The van der Waals surface area contributed by atoms with Crippen molar-refractivity contribution >= 4 is 23.4 Å². The van der Waals surface area contributed by atoms with Crippen LogP contribution in [0.25, 0.3) is 0 Å². The molecule has 0 unspecified atom stereocenters. The Hall–Kier alpha value is -2.24. The summed E-state index contributed by atoms with van der Waals surface area (Å²) in [7, 11) is 0. The number of nitrogens with one attached hydrogen (secondary N) is 4. The Bertz CT molecular complexity index is 545. The van der Waals surface area contributed by atoms with E-state index in [0.717, 1.165) is 18.4 Å². The molecular formula is C17H28N4O2. The van der Waals surface area contributed by atoms with E-state index in [1.807, 2.05) is 46.8 Å². The highest BCUT2D eigenvalue weighted by atomic mass is 16.2. The Morgan fingerprint density at radius 2 is 1.48 bits per heavy atom. The molecule has 2 atom stereocenters. The van der Waals surface area contributed by atoms with Gasteiger partial charge < -0.3 is 21.3 Å². The van der Waals surface area contributed by atoms with Gasteiger partial charge in [-0.25, -0.2) is 9.59 Å². The van der Waals surface area contributed by atoms with E-state index in [-0.39, 0.29) is 24.1 Å². The summed E-state index contributed by atoms with van der Waals surface area (Å²) in [5, 5.41) is 11.3. The van der Waals surface area contributed by atoms with Crippen LogP contribution in [0.4, 0.5) is 21.0 Å². The molecule has 0 fully saturated rings. The van der Waals surface area contributed by atoms with E-state index in [9.17, 15) is 9.59 Å². The standard InChI is InChI=1S/C17H28N4O2/c1-6-12(4)18-16(22)20-14-9-8-11(3)15(10-14)21-17(23)19-13(5)7-2/h8-10,12-13H,6-7H2,1-5H3,(H2,18,20,22)(H2,19,21,23)/t12-,13+/m1/s1. The Balaban J connectivity index is 2.71. The van der Waals surface area contributed by atoms with Crippen molar-refractivity contribution in [2.75, 3.05) is 10.6 Å². The van der Waals surface area contributed by atoms with E-state index < -0.39 is 0 Å². The first-order chi connectivity index (χ1) is 10.8. The molecule has 0 bridgehead atoms. The molecule has 0 heterocycles. The maximum absolute atomic E-state index is 11.9. The maximum atomic E-state index is 11.9. The van der Waals surface area contributed by atoms with Crippen LogP contribution in [-0.4, -0.2) is 24.1 Å². The second-order valence-electron chi connectivity index (χ2n) is 5.85. The Morgan fingerprint density at radius 1 is 0.957 bits per heavy atom. The zero-order valence-electron chi connectivity index (χ0n) is 14.6. The first-order valence-corrected chi connectivity index (χ1v) is 8.11. The molecule has 4 amide bonds. The molecule has 0 spiro atoms. The molecule has 128 valence electrons. The number of carbonyl (C=O) groups excluding carboxylic acids is 2. The van der Waals surface area contributed by atoms with Crippen molar-refractivity contribution in [2.24, 2.45) is 0 Å². The lowest BCUT2D eigenvalue weighted by molar-refractivity contribution is 0.248. The minimum atomic E-state index is -0.252. The van der Waals surface area contributed by atoms with Gasteiger partial charge in [0, 0.05) is 23.5 Å². The third kappa shape index (κ3) is 6.59. The van der Waals surface area contributed by atoms with Crippen LogP contribution in [0.3, 0.4) is 0 Å². The molecule has 1 rings (SSSR count). The molecule has 6 nitrogen and oxygen atoms in total. The van der Waals surface area contributed by atoms with Crippen LogP contribution < -0.4 is 21.3 Å². The van der Waals surface area contributed by atoms with E-state index in [4.69, 9.17) is 0 Å². The highest BCUT2D eigenvalue weighted by Crippen LogP contribution is 2.20. The molecule has 1 aromatic carbocycles. The van der Waals surface area contributed by atoms with Gasteiger partial charge >= 0.3 is 12.1 Å². The van der Waals surface area contributed by atoms with E-state index in [1.165, 1.54) is 0 Å². The molecule has 6 heteroatoms. The monoisotopic (exact) mass is 320 g/mol. The van der Waals surface area contributed by atoms with Crippen molar-refractivity contribution in [3.05, 3.63) is 23.8 Å². The molecule has 0 radical (unpaired) electrons. The molecule has 0 aliphatic rings. The fourth-order valence-electron chi connectivity index (χ4n) is 1.81. The SMILES string of the molecule is CC[C@@H](C)NC(=O)Nc1ccc(C)c(NC(=O)N[C@@H](C)CC)c1. The van der Waals surface area contributed by atoms with Crippen LogP contribution in [0.1, 0.15) is 46.1 Å². The van der Waals surface area contributed by atoms with Crippen molar-refractivity contribution in [3.63, 3.8) is 0 Å². The first-order valence-electron chi connectivity index (χ1n) is 8.11. The van der Waals surface area contributed by atoms with Crippen LogP contribution in [0.2, 0.25) is 0 Å². The van der Waals surface area contributed by atoms with Crippen LogP contribution in [0.15, 0.2) is 18.2 Å². The van der Waals surface area contributed by atoms with Gasteiger partial charge in [-0.15, -0.1) is 0 Å². The zero-order valence-corrected chi connectivity index (χ0v) is 14.6. The maximum Gasteiger partial charge on any atom is 0.319 e. The average Bonchev–Trinajstić information content (AvgIpc) is 2.50. The summed E-state index contributed by atoms with van der Waals surface area (Å²) in [5.41, 5.74) is 2.24. The Kier molecular flexibility index (Phi) is 7.38. The third-order valence-corrected chi connectivity index (χ3v) is 3.72. The lowest BCUT2D eigenvalue weighted by Crippen LogP contribution is -2.36. The van der Waals surface area contributed by atoms with Gasteiger partial charge in [0.25, 0.3) is 0 Å². The lowest BCUT2D eigenvalue weighted by Gasteiger charge is -2.16. The van der Waals surface area contributed by atoms with Crippen LogP contribution in [-0.2, 0) is 0 Å². The van der Waals surface area contributed by atoms with Gasteiger partial charge in [0.1, 0.15) is 0 Å². The van der Waals surface area contributed by atoms with Gasteiger partial charge in [0.15, 0.2) is 0 Å². The van der Waals surface area contributed by atoms with E-state index in [2.05, 4.69) is 21.3 Å². The van der Waals surface area contributed by atoms with Crippen molar-refractivity contribution in [1.82, 2.24) is 10.6 Å². The molecule has 23 heavy (non-hydrogen) atoms. The fraction of sp³-hybridized carbons (Fsp3) is 0.529. The largest absolute Gasteiger partial charge is 0.335 e. The lowest BCUT2D eigenvalue weighted by atomic mass is 10.2. The second-order valence-corrected chi connectivity index (χ2v) is 5.85. The number of hydrogen-bond donors (Lipinski definition) is 4. The van der Waals surface area contributed by atoms with Gasteiger partial charge in [-0.2, -0.15) is 0 Å². The summed E-state index contributed by atoms with van der Waals surface area (Å²) in [6, 6.07) is 5.14. The van der Waals surface area contributed by atoms with Crippen LogP contribution in [0.5, 0.6) is 0 Å². The van der Waals surface area contributed by atoms with Crippen molar-refractivity contribution < 1.29 is 9.59 Å². The summed E-state index contributed by atoms with van der Waals surface area (Å²) < 4.78 is 0. The number of urea groups is 2. The normalized spacial score (nSPS) is 12.9. The number of benzene rings is 1. The van der Waals surface area contributed by atoms with Gasteiger partial charge in [-0.3, -0.25) is 0 Å². The molecule has 1 aromatic rings. The molecule has 0 aliphatic heterocycles. The number of anilines is 2. The van der Waals surface area contributed by atoms with Crippen molar-refractivity contribution in [1.29, 1.82) is 0 Å². The summed E-state index contributed by atoms with van der Waals surface area (Å²) in [5.74, 6) is 0. The summed E-state index contributed by atoms with van der Waals surface area (Å²) in [6.07, 6.45) is 1.73. The Morgan fingerprint density at radius 3 is 2.00 bits per heavy atom. The zero-order chi connectivity index (χ0) is 17.4. The third-order valence-electron chi connectivity index (χ3n) is 3.72. The molecule has 0 aliphatic carbocycles. The number of amides is 4. The Labute approximate surface area is 138 Å². The topological polar surface area (TPSA) is 82.3 Å². The molecule has 0 saturated heterocycles. The van der Waals surface area contributed by atoms with Crippen LogP contribution in [0, 0.1) is 6.92 Å². The molecule has 0 aromatic heterocycles. The fourth-order valence-corrected chi connectivity index (χ4v) is 1.81. The summed E-state index contributed by atoms with van der Waals surface area (Å²) >= 11 is 0. The van der Waals surface area contributed by atoms with E-state index >= 15 is 0 Å². The number of hydrogen-bond acceptors (Lipinski definition) is 2. The minimum absolute atomic E-state index is 0.109. The summed E-state index contributed by atoms with van der Waals surface area (Å²) in [6.45, 7) is 9.82. The highest BCUT2D eigenvalue weighted by molar-refractivity contribution is 5.93. The van der Waals surface area contributed by atoms with Gasteiger partial charge in [-0.1, -0.05) is 19.9 Å². The predicted octanol–water partition coefficient (Wildman–Crippen LogP) is 3.84. The number of aryl methyl sites for hydroxylation is 1. The molecule has 4 N–H and O–H groups in total. The number of rotatable bonds is 6.